The molecule has 0 N–H and O–H groups in total. The van der Waals surface area contributed by atoms with E-state index in [2.05, 4.69) is 32.6 Å². The molecule has 7 nitrogen and oxygen atoms in total. The minimum Gasteiger partial charge on any atom is -0.451 e. The number of ketones is 5. The van der Waals surface area contributed by atoms with Crippen molar-refractivity contribution in [3.8, 4) is 0 Å². The van der Waals surface area contributed by atoms with Gasteiger partial charge in [0.15, 0.2) is 23.0 Å². The van der Waals surface area contributed by atoms with Crippen LogP contribution in [0.5, 0.6) is 0 Å². The molecule has 0 aromatic carbocycles. The third-order valence-corrected chi connectivity index (χ3v) is 16.5. The first-order valence-corrected chi connectivity index (χ1v) is 20.2. The van der Waals surface area contributed by atoms with Crippen molar-refractivity contribution >= 4 is 46.5 Å². The SMILES string of the molecule is CC(=O)O[C@]1(C(C)=O)CC[C@H]2[C@@H]3C=C(Cl)C4=CC(=O)[C@@H]5C[C@@H]5[C@]4(C)[C@H]3CC[C@@]21C.CC(=O)[C@H]1CC[C@H]2[C@@H]3CC=C=CC(=O)CCC(=O)[C@H]3CC[C@]12C. The van der Waals surface area contributed by atoms with Gasteiger partial charge in [-0.15, -0.1) is 5.73 Å². The summed E-state index contributed by atoms with van der Waals surface area (Å²) >= 11 is 6.79. The van der Waals surface area contributed by atoms with Crippen LogP contribution in [0, 0.1) is 69.5 Å². The average molecular weight is 731 g/mol. The van der Waals surface area contributed by atoms with Crippen LogP contribution in [-0.2, 0) is 33.5 Å². The maximum atomic E-state index is 12.8. The molecule has 8 heteroatoms. The summed E-state index contributed by atoms with van der Waals surface area (Å²) in [6.07, 6.45) is 16.9. The van der Waals surface area contributed by atoms with Crippen molar-refractivity contribution in [2.45, 2.75) is 124 Å². The first-order chi connectivity index (χ1) is 24.5. The van der Waals surface area contributed by atoms with E-state index in [9.17, 15) is 28.8 Å². The van der Waals surface area contributed by atoms with Gasteiger partial charge in [-0.05, 0) is 137 Å². The number of ether oxygens (including phenoxy) is 1. The summed E-state index contributed by atoms with van der Waals surface area (Å²) in [6, 6.07) is 0. The van der Waals surface area contributed by atoms with E-state index in [0.29, 0.717) is 53.7 Å². The van der Waals surface area contributed by atoms with Crippen molar-refractivity contribution in [3.05, 3.63) is 40.6 Å². The number of hydrogen-bond donors (Lipinski definition) is 0. The molecule has 52 heavy (non-hydrogen) atoms. The number of Topliss-reactive ketones (excluding diaryl/α,β-unsaturated/α-hetero) is 3. The van der Waals surface area contributed by atoms with E-state index in [1.54, 1.807) is 13.8 Å². The van der Waals surface area contributed by atoms with Crippen LogP contribution in [0.15, 0.2) is 40.6 Å². The van der Waals surface area contributed by atoms with Gasteiger partial charge in [-0.25, -0.2) is 0 Å². The van der Waals surface area contributed by atoms with Crippen LogP contribution in [-0.4, -0.2) is 40.5 Å². The second-order valence-corrected chi connectivity index (χ2v) is 18.7. The van der Waals surface area contributed by atoms with E-state index >= 15 is 0 Å². The predicted molar refractivity (Wildman–Crippen MR) is 197 cm³/mol. The lowest BCUT2D eigenvalue weighted by molar-refractivity contribution is -0.185. The Balaban J connectivity index is 0.000000167. The minimum atomic E-state index is -1.03. The fraction of sp³-hybridized carbons (Fsp3) is 0.705. The maximum absolute atomic E-state index is 12.8. The van der Waals surface area contributed by atoms with Gasteiger partial charge in [0.1, 0.15) is 11.6 Å². The lowest BCUT2D eigenvalue weighted by Crippen LogP contribution is -2.58. The highest BCUT2D eigenvalue weighted by molar-refractivity contribution is 6.32. The highest BCUT2D eigenvalue weighted by atomic mass is 35.5. The molecule has 0 heterocycles. The zero-order valence-electron chi connectivity index (χ0n) is 31.7. The Morgan fingerprint density at radius 1 is 0.846 bits per heavy atom. The summed E-state index contributed by atoms with van der Waals surface area (Å²) in [5, 5.41) is 0.713. The lowest BCUT2D eigenvalue weighted by atomic mass is 9.47. The molecule has 0 bridgehead atoms. The summed E-state index contributed by atoms with van der Waals surface area (Å²) in [5.74, 6) is 2.77. The zero-order valence-corrected chi connectivity index (χ0v) is 32.5. The number of carbonyl (C=O) groups is 6. The summed E-state index contributed by atoms with van der Waals surface area (Å²) < 4.78 is 5.82. The largest absolute Gasteiger partial charge is 0.451 e. The molecule has 280 valence electrons. The van der Waals surface area contributed by atoms with Crippen molar-refractivity contribution in [1.82, 2.24) is 0 Å². The second kappa shape index (κ2) is 13.1. The third kappa shape index (κ3) is 5.57. The van der Waals surface area contributed by atoms with Gasteiger partial charge in [0.2, 0.25) is 0 Å². The molecule has 0 saturated heterocycles. The summed E-state index contributed by atoms with van der Waals surface area (Å²) in [4.78, 5) is 73.5. The van der Waals surface area contributed by atoms with Gasteiger partial charge in [-0.2, -0.15) is 0 Å². The van der Waals surface area contributed by atoms with Crippen LogP contribution in [0.3, 0.4) is 0 Å². The number of halogens is 1. The van der Waals surface area contributed by atoms with E-state index in [4.69, 9.17) is 16.3 Å². The van der Waals surface area contributed by atoms with Gasteiger partial charge in [0.25, 0.3) is 0 Å². The summed E-state index contributed by atoms with van der Waals surface area (Å²) in [6.45, 7) is 11.4. The lowest BCUT2D eigenvalue weighted by Gasteiger charge is -2.57. The molecule has 0 amide bonds. The van der Waals surface area contributed by atoms with Crippen LogP contribution in [0.1, 0.15) is 119 Å². The van der Waals surface area contributed by atoms with Crippen LogP contribution in [0.2, 0.25) is 0 Å². The minimum absolute atomic E-state index is 0.00814. The van der Waals surface area contributed by atoms with E-state index in [1.165, 1.54) is 13.0 Å². The van der Waals surface area contributed by atoms with Crippen LogP contribution in [0.25, 0.3) is 0 Å². The van der Waals surface area contributed by atoms with Gasteiger partial charge in [-0.3, -0.25) is 28.8 Å². The molecular weight excluding hydrogens is 676 g/mol. The first-order valence-electron chi connectivity index (χ1n) is 19.8. The molecule has 5 fully saturated rings. The number of hydrogen-bond acceptors (Lipinski definition) is 7. The molecule has 8 aliphatic rings. The number of fused-ring (bicyclic) bond motifs is 10. The Morgan fingerprint density at radius 3 is 2.27 bits per heavy atom. The molecule has 0 aromatic heterocycles. The molecule has 0 aliphatic heterocycles. The van der Waals surface area contributed by atoms with Crippen LogP contribution in [0.4, 0.5) is 0 Å². The summed E-state index contributed by atoms with van der Waals surface area (Å²) in [5.41, 5.74) is 2.59. The normalized spacial score (nSPS) is 45.7. The standard InChI is InChI=1S/C24H29ClO4.C20H26O3/c1-12(26)24(29-13(2)27)8-6-16-14-10-20(25)19-11-21(28)15-9-18(15)23(19,4)17(14)5-7-22(16,24)3;1-13(21)17-8-9-18-15-6-4-3-5-14(22)7-10-19(23)16(15)11-12-20(17,18)2/h10-11,14-18H,5-9H2,1-4H3;4-5,15-18H,6-12H2,1-2H3/t14-,15+,16-,17-,18-,22-,23-,24-;3?,15-,16+,17-,18+,20-/m01/s1. The van der Waals surface area contributed by atoms with Crippen molar-refractivity contribution in [2.24, 2.45) is 69.5 Å². The van der Waals surface area contributed by atoms with E-state index in [-0.39, 0.29) is 74.9 Å². The van der Waals surface area contributed by atoms with Gasteiger partial charge in [0, 0.05) is 59.5 Å². The second-order valence-electron chi connectivity index (χ2n) is 18.3. The topological polar surface area (TPSA) is 112 Å². The van der Waals surface area contributed by atoms with Crippen LogP contribution < -0.4 is 0 Å². The maximum Gasteiger partial charge on any atom is 0.303 e. The Hall–Kier alpha value is -2.89. The van der Waals surface area contributed by atoms with Gasteiger partial charge in [0.05, 0.1) is 0 Å². The fourth-order valence-corrected chi connectivity index (χ4v) is 14.0. The first kappa shape index (κ1) is 37.4. The number of allylic oxidation sites excluding steroid dienone is 5. The van der Waals surface area contributed by atoms with Crippen LogP contribution >= 0.6 is 11.6 Å². The molecular formula is C44H55ClO7. The number of rotatable bonds is 3. The molecule has 13 atom stereocenters. The molecule has 0 unspecified atom stereocenters. The van der Waals surface area contributed by atoms with E-state index in [1.807, 2.05) is 12.2 Å². The quantitative estimate of drug-likeness (QED) is 0.212. The van der Waals surface area contributed by atoms with Crippen molar-refractivity contribution in [3.63, 3.8) is 0 Å². The fourth-order valence-electron chi connectivity index (χ4n) is 13.6. The van der Waals surface area contributed by atoms with E-state index in [0.717, 1.165) is 63.4 Å². The molecule has 8 rings (SSSR count). The number of esters is 1. The van der Waals surface area contributed by atoms with Crippen molar-refractivity contribution in [2.75, 3.05) is 0 Å². The molecule has 5 saturated carbocycles. The van der Waals surface area contributed by atoms with Gasteiger partial charge < -0.3 is 4.74 Å². The van der Waals surface area contributed by atoms with Crippen molar-refractivity contribution in [1.29, 1.82) is 0 Å². The highest BCUT2D eigenvalue weighted by Gasteiger charge is 2.70. The molecule has 0 radical (unpaired) electrons. The molecule has 8 aliphatic carbocycles. The Labute approximate surface area is 313 Å². The molecule has 0 aromatic rings. The monoisotopic (exact) mass is 730 g/mol. The Morgan fingerprint density at radius 2 is 1.58 bits per heavy atom. The Bertz CT molecular complexity index is 1750. The van der Waals surface area contributed by atoms with E-state index < -0.39 is 5.60 Å². The highest BCUT2D eigenvalue weighted by Crippen LogP contribution is 2.72. The third-order valence-electron chi connectivity index (χ3n) is 16.2. The molecule has 0 spiro atoms. The smallest absolute Gasteiger partial charge is 0.303 e. The summed E-state index contributed by atoms with van der Waals surface area (Å²) in [7, 11) is 0. The van der Waals surface area contributed by atoms with Gasteiger partial charge in [-0.1, -0.05) is 38.4 Å². The number of carbonyl (C=O) groups excluding carboxylic acids is 6. The predicted octanol–water partition coefficient (Wildman–Crippen LogP) is 8.28. The van der Waals surface area contributed by atoms with Gasteiger partial charge >= 0.3 is 5.97 Å². The zero-order chi connectivity index (χ0) is 37.5. The van der Waals surface area contributed by atoms with Crippen molar-refractivity contribution < 1.29 is 33.5 Å². The average Bonchev–Trinajstić information content (AvgIpc) is 3.75. The Kier molecular flexibility index (Phi) is 9.46.